The minimum atomic E-state index is 0.102. The Morgan fingerprint density at radius 1 is 1.05 bits per heavy atom. The van der Waals surface area contributed by atoms with Gasteiger partial charge in [0, 0.05) is 12.1 Å². The zero-order valence-corrected chi connectivity index (χ0v) is 12.3. The monoisotopic (exact) mass is 264 g/mol. The molecule has 0 aromatic heterocycles. The van der Waals surface area contributed by atoms with E-state index < -0.39 is 0 Å². The highest BCUT2D eigenvalue weighted by atomic mass is 16.2. The fourth-order valence-corrected chi connectivity index (χ4v) is 4.88. The van der Waals surface area contributed by atoms with Crippen molar-refractivity contribution >= 4 is 5.91 Å². The molecule has 3 N–H and O–H groups in total. The van der Waals surface area contributed by atoms with Gasteiger partial charge in [0.05, 0.1) is 5.92 Å². The van der Waals surface area contributed by atoms with Gasteiger partial charge in [-0.2, -0.15) is 0 Å². The van der Waals surface area contributed by atoms with Crippen molar-refractivity contribution in [3.05, 3.63) is 0 Å². The maximum absolute atomic E-state index is 12.5. The molecule has 108 valence electrons. The van der Waals surface area contributed by atoms with E-state index in [0.717, 1.165) is 12.3 Å². The molecule has 3 aliphatic carbocycles. The number of carbonyl (C=O) groups is 1. The number of nitrogens with two attached hydrogens (primary N) is 1. The van der Waals surface area contributed by atoms with E-state index in [-0.39, 0.29) is 17.9 Å². The summed E-state index contributed by atoms with van der Waals surface area (Å²) < 4.78 is 0. The van der Waals surface area contributed by atoms with Crippen LogP contribution in [0.2, 0.25) is 0 Å². The van der Waals surface area contributed by atoms with Crippen molar-refractivity contribution in [3.63, 3.8) is 0 Å². The highest BCUT2D eigenvalue weighted by Crippen LogP contribution is 2.47. The van der Waals surface area contributed by atoms with Crippen LogP contribution in [-0.4, -0.2) is 18.0 Å². The van der Waals surface area contributed by atoms with E-state index in [9.17, 15) is 4.79 Å². The van der Waals surface area contributed by atoms with Crippen LogP contribution in [-0.2, 0) is 4.79 Å². The third kappa shape index (κ3) is 2.42. The molecule has 1 amide bonds. The molecular weight excluding hydrogens is 236 g/mol. The molecule has 7 unspecified atom stereocenters. The average Bonchev–Trinajstić information content (AvgIpc) is 2.93. The van der Waals surface area contributed by atoms with Crippen LogP contribution in [0.15, 0.2) is 0 Å². The van der Waals surface area contributed by atoms with E-state index in [1.165, 1.54) is 32.1 Å². The predicted octanol–water partition coefficient (Wildman–Crippen LogP) is 2.30. The molecule has 0 radical (unpaired) electrons. The van der Waals surface area contributed by atoms with E-state index in [1.54, 1.807) is 0 Å². The van der Waals surface area contributed by atoms with Gasteiger partial charge in [0.25, 0.3) is 0 Å². The molecule has 0 heterocycles. The van der Waals surface area contributed by atoms with Crippen LogP contribution < -0.4 is 11.1 Å². The Labute approximate surface area is 116 Å². The second kappa shape index (κ2) is 5.08. The number of hydrogen-bond acceptors (Lipinski definition) is 2. The summed E-state index contributed by atoms with van der Waals surface area (Å²) in [6.45, 7) is 4.60. The normalized spacial score (nSPS) is 49.3. The molecule has 7 atom stereocenters. The van der Waals surface area contributed by atoms with Crippen LogP contribution in [0.3, 0.4) is 0 Å². The summed E-state index contributed by atoms with van der Waals surface area (Å²) >= 11 is 0. The third-order valence-electron chi connectivity index (χ3n) is 6.04. The maximum atomic E-state index is 12.5. The molecule has 3 fully saturated rings. The molecule has 2 bridgehead atoms. The second-order valence-electron chi connectivity index (χ2n) is 7.45. The number of nitrogens with one attached hydrogen (secondary N) is 1. The Morgan fingerprint density at radius 3 is 2.42 bits per heavy atom. The van der Waals surface area contributed by atoms with E-state index in [4.69, 9.17) is 5.73 Å². The van der Waals surface area contributed by atoms with Gasteiger partial charge in [-0.15, -0.1) is 0 Å². The third-order valence-corrected chi connectivity index (χ3v) is 6.04. The summed E-state index contributed by atoms with van der Waals surface area (Å²) in [4.78, 5) is 12.5. The lowest BCUT2D eigenvalue weighted by Crippen LogP contribution is -2.50. The van der Waals surface area contributed by atoms with Crippen LogP contribution in [0.1, 0.15) is 52.4 Å². The molecule has 0 aromatic carbocycles. The second-order valence-corrected chi connectivity index (χ2v) is 7.45. The van der Waals surface area contributed by atoms with Gasteiger partial charge < -0.3 is 11.1 Å². The topological polar surface area (TPSA) is 55.1 Å². The average molecular weight is 264 g/mol. The van der Waals surface area contributed by atoms with Crippen molar-refractivity contribution < 1.29 is 4.79 Å². The maximum Gasteiger partial charge on any atom is 0.225 e. The van der Waals surface area contributed by atoms with Crippen molar-refractivity contribution in [2.24, 2.45) is 35.3 Å². The molecule has 0 saturated heterocycles. The van der Waals surface area contributed by atoms with E-state index >= 15 is 0 Å². The number of fused-ring (bicyclic) bond motifs is 2. The molecule has 0 spiro atoms. The van der Waals surface area contributed by atoms with Crippen molar-refractivity contribution in [1.82, 2.24) is 5.32 Å². The molecule has 3 nitrogen and oxygen atoms in total. The minimum absolute atomic E-state index is 0.102. The predicted molar refractivity (Wildman–Crippen MR) is 76.4 cm³/mol. The van der Waals surface area contributed by atoms with Gasteiger partial charge in [0.1, 0.15) is 0 Å². The fraction of sp³-hybridized carbons (Fsp3) is 0.938. The molecule has 3 saturated carbocycles. The summed E-state index contributed by atoms with van der Waals surface area (Å²) in [5, 5.41) is 3.33. The molecule has 0 aliphatic heterocycles. The van der Waals surface area contributed by atoms with Crippen molar-refractivity contribution in [1.29, 1.82) is 0 Å². The van der Waals surface area contributed by atoms with Crippen molar-refractivity contribution in [3.8, 4) is 0 Å². The quantitative estimate of drug-likeness (QED) is 0.804. The summed E-state index contributed by atoms with van der Waals surface area (Å²) in [5.74, 6) is 2.97. The Kier molecular flexibility index (Phi) is 3.59. The Morgan fingerprint density at radius 2 is 1.79 bits per heavy atom. The lowest BCUT2D eigenvalue weighted by Gasteiger charge is -2.35. The lowest BCUT2D eigenvalue weighted by molar-refractivity contribution is -0.128. The molecule has 3 aliphatic rings. The lowest BCUT2D eigenvalue weighted by atomic mass is 9.79. The molecular formula is C16H28N2O. The molecule has 0 aromatic rings. The summed E-state index contributed by atoms with van der Waals surface area (Å²) in [6, 6.07) is 0.506. The summed E-state index contributed by atoms with van der Waals surface area (Å²) in [6.07, 6.45) is 7.28. The Bertz CT molecular complexity index is 355. The first-order valence-corrected chi connectivity index (χ1v) is 8.12. The zero-order valence-electron chi connectivity index (χ0n) is 12.3. The van der Waals surface area contributed by atoms with Crippen LogP contribution in [0.25, 0.3) is 0 Å². The van der Waals surface area contributed by atoms with Gasteiger partial charge in [0.15, 0.2) is 0 Å². The Balaban J connectivity index is 1.59. The first-order chi connectivity index (χ1) is 9.06. The number of hydrogen-bond donors (Lipinski definition) is 2. The van der Waals surface area contributed by atoms with Gasteiger partial charge >= 0.3 is 0 Å². The molecule has 3 heteroatoms. The summed E-state index contributed by atoms with van der Waals surface area (Å²) in [5.41, 5.74) is 6.27. The van der Waals surface area contributed by atoms with Gasteiger partial charge in [-0.1, -0.05) is 13.8 Å². The minimum Gasteiger partial charge on any atom is -0.353 e. The summed E-state index contributed by atoms with van der Waals surface area (Å²) in [7, 11) is 0. The van der Waals surface area contributed by atoms with E-state index in [0.29, 0.717) is 23.8 Å². The van der Waals surface area contributed by atoms with Crippen LogP contribution in [0.5, 0.6) is 0 Å². The van der Waals surface area contributed by atoms with Crippen LogP contribution in [0, 0.1) is 29.6 Å². The fourth-order valence-electron chi connectivity index (χ4n) is 4.88. The smallest absolute Gasteiger partial charge is 0.225 e. The number of carbonyl (C=O) groups excluding carboxylic acids is 1. The first-order valence-electron chi connectivity index (χ1n) is 8.12. The van der Waals surface area contributed by atoms with Crippen molar-refractivity contribution in [2.75, 3.05) is 0 Å². The Hall–Kier alpha value is -0.570. The van der Waals surface area contributed by atoms with Gasteiger partial charge in [-0.25, -0.2) is 0 Å². The molecule has 3 rings (SSSR count). The van der Waals surface area contributed by atoms with Crippen LogP contribution in [0.4, 0.5) is 0 Å². The van der Waals surface area contributed by atoms with Gasteiger partial charge in [0.2, 0.25) is 5.91 Å². The molecule has 19 heavy (non-hydrogen) atoms. The van der Waals surface area contributed by atoms with Crippen molar-refractivity contribution in [2.45, 2.75) is 64.5 Å². The first kappa shape index (κ1) is 13.4. The zero-order chi connectivity index (χ0) is 13.6. The largest absolute Gasteiger partial charge is 0.353 e. The standard InChI is InChI=1S/C16H28N2O/c1-9-3-6-13(10(2)7-9)18-16(19)14-11-4-5-12(8-11)15(14)17/h9-15H,3-8,17H2,1-2H3,(H,18,19). The van der Waals surface area contributed by atoms with E-state index in [2.05, 4.69) is 19.2 Å². The van der Waals surface area contributed by atoms with Gasteiger partial charge in [-0.3, -0.25) is 4.79 Å². The highest BCUT2D eigenvalue weighted by Gasteiger charge is 2.49. The van der Waals surface area contributed by atoms with Crippen LogP contribution >= 0.6 is 0 Å². The van der Waals surface area contributed by atoms with E-state index in [1.807, 2.05) is 0 Å². The number of rotatable bonds is 2. The highest BCUT2D eigenvalue weighted by molar-refractivity contribution is 5.80. The SMILES string of the molecule is CC1CCC(NC(=O)C2C3CCC(C3)C2N)C(C)C1. The number of amides is 1. The van der Waals surface area contributed by atoms with Gasteiger partial charge in [-0.05, 0) is 62.2 Å².